The zero-order valence-electron chi connectivity index (χ0n) is 14.6. The lowest BCUT2D eigenvalue weighted by molar-refractivity contribution is -0.137. The van der Waals surface area contributed by atoms with Crippen LogP contribution in [-0.4, -0.2) is 47.2 Å². The van der Waals surface area contributed by atoms with E-state index in [-0.39, 0.29) is 6.42 Å². The third kappa shape index (κ3) is 4.16. The molecule has 0 unspecified atom stereocenters. The molecular weight excluding hydrogens is 304 g/mol. The summed E-state index contributed by atoms with van der Waals surface area (Å²) in [5, 5.41) is 8.83. The van der Waals surface area contributed by atoms with E-state index in [0.29, 0.717) is 5.92 Å². The predicted octanol–water partition coefficient (Wildman–Crippen LogP) is 2.72. The molecule has 0 aromatic carbocycles. The first-order valence-electron chi connectivity index (χ1n) is 9.25. The van der Waals surface area contributed by atoms with Crippen molar-refractivity contribution >= 4 is 17.7 Å². The molecule has 2 aliphatic rings. The topological polar surface area (TPSA) is 69.6 Å². The van der Waals surface area contributed by atoms with Crippen LogP contribution in [0.15, 0.2) is 6.07 Å². The Morgan fingerprint density at radius 1 is 1.17 bits per heavy atom. The first-order chi connectivity index (χ1) is 11.7. The van der Waals surface area contributed by atoms with E-state index in [1.165, 1.54) is 12.8 Å². The molecule has 2 aliphatic heterocycles. The maximum absolute atomic E-state index is 10.7. The van der Waals surface area contributed by atoms with Gasteiger partial charge < -0.3 is 14.9 Å². The summed E-state index contributed by atoms with van der Waals surface area (Å²) < 4.78 is 0. The van der Waals surface area contributed by atoms with Crippen molar-refractivity contribution in [2.75, 3.05) is 36.0 Å². The van der Waals surface area contributed by atoms with Crippen molar-refractivity contribution in [1.82, 2.24) is 9.97 Å². The van der Waals surface area contributed by atoms with E-state index in [1.807, 2.05) is 0 Å². The second-order valence-electron chi connectivity index (χ2n) is 6.93. The van der Waals surface area contributed by atoms with Crippen molar-refractivity contribution in [1.29, 1.82) is 0 Å². The molecule has 0 amide bonds. The van der Waals surface area contributed by atoms with Gasteiger partial charge in [-0.1, -0.05) is 6.92 Å². The van der Waals surface area contributed by atoms with Gasteiger partial charge in [-0.25, -0.2) is 4.98 Å². The number of nitrogens with zero attached hydrogens (tertiary/aromatic N) is 4. The van der Waals surface area contributed by atoms with Gasteiger partial charge in [-0.2, -0.15) is 4.98 Å². The fourth-order valence-corrected chi connectivity index (χ4v) is 3.65. The van der Waals surface area contributed by atoms with Crippen molar-refractivity contribution in [3.05, 3.63) is 11.8 Å². The third-order valence-electron chi connectivity index (χ3n) is 5.21. The Morgan fingerprint density at radius 2 is 1.88 bits per heavy atom. The standard InChI is InChI=1S/C18H28N4O2/c1-2-15-13-16(20-18(19-15)22-9-3-4-10-22)21-11-7-14(8-12-21)5-6-17(23)24/h13-14H,2-12H2,1H3,(H,23,24). The average molecular weight is 332 g/mol. The van der Waals surface area contributed by atoms with Gasteiger partial charge in [0, 0.05) is 44.4 Å². The van der Waals surface area contributed by atoms with Crippen LogP contribution < -0.4 is 9.80 Å². The summed E-state index contributed by atoms with van der Waals surface area (Å²) in [4.78, 5) is 24.9. The first kappa shape index (κ1) is 17.0. The van der Waals surface area contributed by atoms with Gasteiger partial charge in [-0.05, 0) is 44.4 Å². The molecule has 2 fully saturated rings. The summed E-state index contributed by atoms with van der Waals surface area (Å²) in [5.74, 6) is 1.77. The molecule has 0 aliphatic carbocycles. The number of hydrogen-bond donors (Lipinski definition) is 1. The Balaban J connectivity index is 1.66. The molecule has 1 aromatic heterocycles. The lowest BCUT2D eigenvalue weighted by atomic mass is 9.92. The maximum Gasteiger partial charge on any atom is 0.303 e. The number of carbonyl (C=O) groups is 1. The minimum absolute atomic E-state index is 0.289. The van der Waals surface area contributed by atoms with Crippen LogP contribution in [-0.2, 0) is 11.2 Å². The SMILES string of the molecule is CCc1cc(N2CCC(CCC(=O)O)CC2)nc(N2CCCC2)n1. The van der Waals surface area contributed by atoms with Gasteiger partial charge in [0.1, 0.15) is 5.82 Å². The molecule has 1 aromatic rings. The highest BCUT2D eigenvalue weighted by Gasteiger charge is 2.23. The van der Waals surface area contributed by atoms with E-state index in [4.69, 9.17) is 15.1 Å². The largest absolute Gasteiger partial charge is 0.481 e. The van der Waals surface area contributed by atoms with E-state index in [2.05, 4.69) is 22.8 Å². The van der Waals surface area contributed by atoms with E-state index in [0.717, 1.165) is 69.3 Å². The van der Waals surface area contributed by atoms with Crippen molar-refractivity contribution in [2.24, 2.45) is 5.92 Å². The smallest absolute Gasteiger partial charge is 0.303 e. The minimum Gasteiger partial charge on any atom is -0.481 e. The Morgan fingerprint density at radius 3 is 2.50 bits per heavy atom. The van der Waals surface area contributed by atoms with Gasteiger partial charge in [0.2, 0.25) is 5.95 Å². The number of hydrogen-bond acceptors (Lipinski definition) is 5. The Hall–Kier alpha value is -1.85. The van der Waals surface area contributed by atoms with Crippen LogP contribution >= 0.6 is 0 Å². The van der Waals surface area contributed by atoms with Crippen LogP contribution in [0.1, 0.15) is 51.1 Å². The van der Waals surface area contributed by atoms with Crippen LogP contribution in [0.2, 0.25) is 0 Å². The van der Waals surface area contributed by atoms with Crippen molar-refractivity contribution < 1.29 is 9.90 Å². The van der Waals surface area contributed by atoms with Gasteiger partial charge in [0.05, 0.1) is 0 Å². The molecule has 6 heteroatoms. The van der Waals surface area contributed by atoms with Gasteiger partial charge in [0.25, 0.3) is 0 Å². The van der Waals surface area contributed by atoms with Crippen LogP contribution in [0.25, 0.3) is 0 Å². The highest BCUT2D eigenvalue weighted by atomic mass is 16.4. The second kappa shape index (κ2) is 7.81. The molecule has 6 nitrogen and oxygen atoms in total. The number of aliphatic carboxylic acids is 1. The van der Waals surface area contributed by atoms with E-state index in [1.54, 1.807) is 0 Å². The van der Waals surface area contributed by atoms with Crippen LogP contribution in [0.3, 0.4) is 0 Å². The Labute approximate surface area is 143 Å². The molecule has 2 saturated heterocycles. The highest BCUT2D eigenvalue weighted by molar-refractivity contribution is 5.66. The minimum atomic E-state index is -0.684. The summed E-state index contributed by atoms with van der Waals surface area (Å²) in [6.07, 6.45) is 6.57. The molecule has 1 N–H and O–H groups in total. The van der Waals surface area contributed by atoms with Crippen LogP contribution in [0, 0.1) is 5.92 Å². The van der Waals surface area contributed by atoms with Gasteiger partial charge in [0.15, 0.2) is 0 Å². The number of aromatic nitrogens is 2. The average Bonchev–Trinajstić information content (AvgIpc) is 3.14. The predicted molar refractivity (Wildman–Crippen MR) is 94.7 cm³/mol. The lowest BCUT2D eigenvalue weighted by Crippen LogP contribution is -2.35. The third-order valence-corrected chi connectivity index (χ3v) is 5.21. The summed E-state index contributed by atoms with van der Waals surface area (Å²) in [5.41, 5.74) is 1.11. The number of piperidine rings is 1. The van der Waals surface area contributed by atoms with Crippen LogP contribution in [0.4, 0.5) is 11.8 Å². The van der Waals surface area contributed by atoms with Gasteiger partial charge >= 0.3 is 5.97 Å². The summed E-state index contributed by atoms with van der Waals surface area (Å²) in [6, 6.07) is 2.12. The molecule has 0 atom stereocenters. The second-order valence-corrected chi connectivity index (χ2v) is 6.93. The van der Waals surface area contributed by atoms with Gasteiger partial charge in [-0.15, -0.1) is 0 Å². The van der Waals surface area contributed by atoms with Crippen molar-refractivity contribution in [2.45, 2.75) is 51.9 Å². The summed E-state index contributed by atoms with van der Waals surface area (Å²) in [6.45, 7) is 6.18. The Kier molecular flexibility index (Phi) is 5.53. The molecule has 24 heavy (non-hydrogen) atoms. The molecule has 0 radical (unpaired) electrons. The fourth-order valence-electron chi connectivity index (χ4n) is 3.65. The van der Waals surface area contributed by atoms with Crippen molar-refractivity contribution in [3.63, 3.8) is 0 Å². The fraction of sp³-hybridized carbons (Fsp3) is 0.722. The van der Waals surface area contributed by atoms with E-state index >= 15 is 0 Å². The van der Waals surface area contributed by atoms with Crippen molar-refractivity contribution in [3.8, 4) is 0 Å². The number of aryl methyl sites for hydroxylation is 1. The highest BCUT2D eigenvalue weighted by Crippen LogP contribution is 2.27. The number of rotatable bonds is 6. The number of carboxylic acid groups (broad SMARTS) is 1. The zero-order valence-corrected chi connectivity index (χ0v) is 14.6. The number of carboxylic acids is 1. The summed E-state index contributed by atoms with van der Waals surface area (Å²) in [7, 11) is 0. The molecular formula is C18H28N4O2. The lowest BCUT2D eigenvalue weighted by Gasteiger charge is -2.33. The zero-order chi connectivity index (χ0) is 16.9. The van der Waals surface area contributed by atoms with Crippen LogP contribution in [0.5, 0.6) is 0 Å². The molecule has 3 heterocycles. The molecule has 132 valence electrons. The maximum atomic E-state index is 10.7. The molecule has 0 saturated carbocycles. The normalized spacial score (nSPS) is 19.0. The summed E-state index contributed by atoms with van der Waals surface area (Å²) >= 11 is 0. The number of anilines is 2. The van der Waals surface area contributed by atoms with E-state index < -0.39 is 5.97 Å². The first-order valence-corrected chi connectivity index (χ1v) is 9.25. The molecule has 0 bridgehead atoms. The molecule has 0 spiro atoms. The molecule has 3 rings (SSSR count). The van der Waals surface area contributed by atoms with E-state index in [9.17, 15) is 4.79 Å². The Bertz CT molecular complexity index is 564. The van der Waals surface area contributed by atoms with Gasteiger partial charge in [-0.3, -0.25) is 4.79 Å². The quantitative estimate of drug-likeness (QED) is 0.864. The monoisotopic (exact) mass is 332 g/mol.